The third-order valence-electron chi connectivity index (χ3n) is 6.28. The molecule has 0 aliphatic carbocycles. The lowest BCUT2D eigenvalue weighted by atomic mass is 9.97. The number of para-hydroxylation sites is 1. The number of hydrogen-bond acceptors (Lipinski definition) is 3. The summed E-state index contributed by atoms with van der Waals surface area (Å²) in [6.07, 6.45) is 4.16. The van der Waals surface area contributed by atoms with E-state index in [2.05, 4.69) is 97.9 Å². The Morgan fingerprint density at radius 2 is 1.72 bits per heavy atom. The van der Waals surface area contributed by atoms with Crippen molar-refractivity contribution < 1.29 is 0 Å². The van der Waals surface area contributed by atoms with Crippen molar-refractivity contribution >= 4 is 29.1 Å². The molecule has 0 fully saturated rings. The molecular formula is C29H28N2S. The third-order valence-corrected chi connectivity index (χ3v) is 7.53. The van der Waals surface area contributed by atoms with Gasteiger partial charge < -0.3 is 10.2 Å². The number of aryl methyl sites for hydroxylation is 1. The summed E-state index contributed by atoms with van der Waals surface area (Å²) in [5.74, 6) is 0. The van der Waals surface area contributed by atoms with Gasteiger partial charge in [-0.15, -0.1) is 0 Å². The summed E-state index contributed by atoms with van der Waals surface area (Å²) in [5.41, 5.74) is 9.98. The van der Waals surface area contributed by atoms with Crippen LogP contribution < -0.4 is 5.32 Å². The van der Waals surface area contributed by atoms with Gasteiger partial charge >= 0.3 is 0 Å². The summed E-state index contributed by atoms with van der Waals surface area (Å²) < 4.78 is 0. The summed E-state index contributed by atoms with van der Waals surface area (Å²) in [5, 5.41) is 5.00. The van der Waals surface area contributed by atoms with Gasteiger partial charge in [0.15, 0.2) is 0 Å². The molecule has 160 valence electrons. The lowest BCUT2D eigenvalue weighted by Crippen LogP contribution is -2.17. The number of nitrogens with zero attached hydrogens (tertiary/aromatic N) is 1. The van der Waals surface area contributed by atoms with E-state index in [-0.39, 0.29) is 6.04 Å². The molecule has 0 radical (unpaired) electrons. The summed E-state index contributed by atoms with van der Waals surface area (Å²) in [6, 6.07) is 21.8. The van der Waals surface area contributed by atoms with Crippen LogP contribution in [0, 0.1) is 6.92 Å². The normalized spacial score (nSPS) is 15.6. The molecule has 3 heteroatoms. The molecule has 5 rings (SSSR count). The maximum absolute atomic E-state index is 4.43. The summed E-state index contributed by atoms with van der Waals surface area (Å²) in [4.78, 5) is 3.78. The Kier molecular flexibility index (Phi) is 5.44. The lowest BCUT2D eigenvalue weighted by Gasteiger charge is -2.30. The first kappa shape index (κ1) is 20.7. The highest BCUT2D eigenvalue weighted by molar-refractivity contribution is 8.03. The van der Waals surface area contributed by atoms with E-state index < -0.39 is 0 Å². The molecule has 0 saturated carbocycles. The molecule has 0 bridgehead atoms. The second-order valence-corrected chi connectivity index (χ2v) is 9.65. The molecule has 2 aliphatic heterocycles. The van der Waals surface area contributed by atoms with E-state index in [1.807, 2.05) is 23.9 Å². The van der Waals surface area contributed by atoms with Gasteiger partial charge in [0.25, 0.3) is 0 Å². The topological polar surface area (TPSA) is 15.3 Å². The third kappa shape index (κ3) is 3.78. The minimum Gasteiger partial charge on any atom is -0.378 e. The quantitative estimate of drug-likeness (QED) is 0.439. The Morgan fingerprint density at radius 1 is 1.03 bits per heavy atom. The summed E-state index contributed by atoms with van der Waals surface area (Å²) in [6.45, 7) is 14.7. The van der Waals surface area contributed by atoms with E-state index in [1.165, 1.54) is 37.7 Å². The molecule has 32 heavy (non-hydrogen) atoms. The van der Waals surface area contributed by atoms with Crippen molar-refractivity contribution in [2.75, 3.05) is 5.32 Å². The number of hydrogen-bond donors (Lipinski definition) is 1. The molecular weight excluding hydrogens is 408 g/mol. The van der Waals surface area contributed by atoms with Crippen molar-refractivity contribution in [1.29, 1.82) is 0 Å². The standard InChI is InChI=1S/C29H28N2S/c1-5-22-10-8-9-13-27(22)30-21(4)26-15-19(2)14-25-20(3)16-28(32-29(25)26)31-17-23-11-6-7-12-24(23)18-31/h5-16,21,30H,1,3,17-18H2,2,4H3. The van der Waals surface area contributed by atoms with Crippen LogP contribution in [-0.4, -0.2) is 4.90 Å². The number of nitrogens with one attached hydrogen (secondary N) is 1. The van der Waals surface area contributed by atoms with Gasteiger partial charge in [0.2, 0.25) is 0 Å². The average Bonchev–Trinajstić information content (AvgIpc) is 3.24. The summed E-state index contributed by atoms with van der Waals surface area (Å²) >= 11 is 1.88. The zero-order valence-corrected chi connectivity index (χ0v) is 19.5. The summed E-state index contributed by atoms with van der Waals surface area (Å²) in [7, 11) is 0. The van der Waals surface area contributed by atoms with E-state index in [1.54, 1.807) is 0 Å². The molecule has 1 atom stereocenters. The molecule has 0 spiro atoms. The fraction of sp³-hybridized carbons (Fsp3) is 0.172. The molecule has 0 amide bonds. The zero-order chi connectivity index (χ0) is 22.2. The maximum atomic E-state index is 4.43. The van der Waals surface area contributed by atoms with Crippen LogP contribution in [0.5, 0.6) is 0 Å². The van der Waals surface area contributed by atoms with Gasteiger partial charge in [-0.05, 0) is 59.4 Å². The smallest absolute Gasteiger partial charge is 0.0768 e. The minimum absolute atomic E-state index is 0.153. The van der Waals surface area contributed by atoms with E-state index in [0.717, 1.165) is 29.9 Å². The monoisotopic (exact) mass is 436 g/mol. The van der Waals surface area contributed by atoms with E-state index >= 15 is 0 Å². The van der Waals surface area contributed by atoms with Gasteiger partial charge in [-0.25, -0.2) is 0 Å². The van der Waals surface area contributed by atoms with Gasteiger partial charge in [0, 0.05) is 29.7 Å². The Hall–Kier alpha value is -3.17. The maximum Gasteiger partial charge on any atom is 0.0768 e. The largest absolute Gasteiger partial charge is 0.378 e. The number of fused-ring (bicyclic) bond motifs is 2. The van der Waals surface area contributed by atoms with Crippen LogP contribution in [0.15, 0.2) is 89.8 Å². The Morgan fingerprint density at radius 3 is 2.44 bits per heavy atom. The Balaban J connectivity index is 1.47. The highest BCUT2D eigenvalue weighted by Crippen LogP contribution is 2.47. The number of allylic oxidation sites excluding steroid dienone is 2. The van der Waals surface area contributed by atoms with E-state index in [0.29, 0.717) is 0 Å². The Bertz CT molecular complexity index is 1230. The van der Waals surface area contributed by atoms with Crippen molar-refractivity contribution in [3.8, 4) is 0 Å². The number of anilines is 1. The molecule has 0 aromatic heterocycles. The predicted molar refractivity (Wildman–Crippen MR) is 138 cm³/mol. The first-order valence-corrected chi connectivity index (χ1v) is 11.9. The zero-order valence-electron chi connectivity index (χ0n) is 18.7. The van der Waals surface area contributed by atoms with Crippen LogP contribution in [0.4, 0.5) is 5.69 Å². The van der Waals surface area contributed by atoms with Crippen molar-refractivity contribution in [2.45, 2.75) is 37.9 Å². The number of thioether (sulfide) groups is 1. The van der Waals surface area contributed by atoms with Crippen LogP contribution in [-0.2, 0) is 13.1 Å². The second kappa shape index (κ2) is 8.40. The second-order valence-electron chi connectivity index (χ2n) is 8.62. The molecule has 2 heterocycles. The van der Waals surface area contributed by atoms with Gasteiger partial charge in [-0.3, -0.25) is 0 Å². The molecule has 0 saturated heterocycles. The first-order valence-electron chi connectivity index (χ1n) is 11.1. The molecule has 1 unspecified atom stereocenters. The highest BCUT2D eigenvalue weighted by atomic mass is 32.2. The molecule has 3 aromatic carbocycles. The van der Waals surface area contributed by atoms with Crippen LogP contribution >= 0.6 is 11.8 Å². The fourth-order valence-corrected chi connectivity index (χ4v) is 5.92. The molecule has 2 aliphatic rings. The van der Waals surface area contributed by atoms with E-state index in [4.69, 9.17) is 0 Å². The van der Waals surface area contributed by atoms with Crippen LogP contribution in [0.2, 0.25) is 0 Å². The number of benzene rings is 3. The van der Waals surface area contributed by atoms with Crippen molar-refractivity contribution in [3.05, 3.63) is 118 Å². The van der Waals surface area contributed by atoms with E-state index in [9.17, 15) is 0 Å². The minimum atomic E-state index is 0.153. The van der Waals surface area contributed by atoms with Crippen molar-refractivity contribution in [1.82, 2.24) is 4.90 Å². The van der Waals surface area contributed by atoms with Gasteiger partial charge in [0.05, 0.1) is 5.03 Å². The Labute approximate surface area is 195 Å². The van der Waals surface area contributed by atoms with Gasteiger partial charge in [0.1, 0.15) is 0 Å². The lowest BCUT2D eigenvalue weighted by molar-refractivity contribution is 0.389. The average molecular weight is 437 g/mol. The van der Waals surface area contributed by atoms with Crippen molar-refractivity contribution in [3.63, 3.8) is 0 Å². The fourth-order valence-electron chi connectivity index (χ4n) is 4.60. The van der Waals surface area contributed by atoms with Crippen molar-refractivity contribution in [2.24, 2.45) is 0 Å². The molecule has 2 nitrogen and oxygen atoms in total. The van der Waals surface area contributed by atoms with Crippen LogP contribution in [0.1, 0.15) is 46.3 Å². The first-order chi connectivity index (χ1) is 15.5. The van der Waals surface area contributed by atoms with Crippen LogP contribution in [0.3, 0.4) is 0 Å². The van der Waals surface area contributed by atoms with Gasteiger partial charge in [-0.2, -0.15) is 0 Å². The van der Waals surface area contributed by atoms with Gasteiger partial charge in [-0.1, -0.05) is 91.2 Å². The molecule has 3 aromatic rings. The predicted octanol–water partition coefficient (Wildman–Crippen LogP) is 7.79. The molecule has 1 N–H and O–H groups in total. The SMILES string of the molecule is C=Cc1ccccc1NC(C)c1cc(C)cc2c1SC(N1Cc3ccccc3C1)=CC2=C. The highest BCUT2D eigenvalue weighted by Gasteiger charge is 2.27. The van der Waals surface area contributed by atoms with Crippen LogP contribution in [0.25, 0.3) is 11.6 Å². The number of rotatable bonds is 5.